The molecule has 5 aliphatic rings. The molecule has 1 aliphatic heterocycles. The van der Waals surface area contributed by atoms with Crippen LogP contribution in [0.4, 0.5) is 0 Å². The van der Waals surface area contributed by atoms with Crippen LogP contribution in [0.3, 0.4) is 0 Å². The molecule has 3 saturated carbocycles. The fourth-order valence-corrected chi connectivity index (χ4v) is 6.16. The van der Waals surface area contributed by atoms with E-state index in [1.54, 1.807) is 0 Å². The molecule has 1 nitrogen and oxygen atoms in total. The molecule has 4 fully saturated rings. The van der Waals surface area contributed by atoms with Crippen LogP contribution in [0, 0.1) is 28.6 Å². The molecule has 1 saturated heterocycles. The third-order valence-corrected chi connectivity index (χ3v) is 6.29. The highest BCUT2D eigenvalue weighted by molar-refractivity contribution is 5.44. The highest BCUT2D eigenvalue weighted by atomic mass is 16.5. The fraction of sp³-hybridized carbons (Fsp3) is 0.846. The SMILES string of the molecule is C1=CC2C34CCCC5OCC(CC13)C524. The molecule has 0 N–H and O–H groups in total. The Morgan fingerprint density at radius 1 is 1.29 bits per heavy atom. The van der Waals surface area contributed by atoms with E-state index in [2.05, 4.69) is 12.2 Å². The maximum atomic E-state index is 6.05. The lowest BCUT2D eigenvalue weighted by atomic mass is 9.75. The Hall–Kier alpha value is -0.300. The van der Waals surface area contributed by atoms with Crippen molar-refractivity contribution in [2.24, 2.45) is 28.6 Å². The van der Waals surface area contributed by atoms with Crippen LogP contribution < -0.4 is 0 Å². The van der Waals surface area contributed by atoms with E-state index >= 15 is 0 Å². The maximum Gasteiger partial charge on any atom is 0.0646 e. The lowest BCUT2D eigenvalue weighted by molar-refractivity contribution is 0.0362. The van der Waals surface area contributed by atoms with Gasteiger partial charge in [0.1, 0.15) is 0 Å². The molecule has 0 bridgehead atoms. The number of hydrogen-bond donors (Lipinski definition) is 0. The number of allylic oxidation sites excluding steroid dienone is 2. The Balaban J connectivity index is 1.80. The van der Waals surface area contributed by atoms with Gasteiger partial charge in [-0.2, -0.15) is 0 Å². The number of ether oxygens (including phenoxy) is 1. The number of hydrogen-bond acceptors (Lipinski definition) is 1. The average Bonchev–Trinajstić information content (AvgIpc) is 2.45. The standard InChI is InChI=1S/C13H16O/c1-2-11-13-9(7-14-11)6-8-3-4-10(13)12(8,13)5-1/h3-4,8-11H,1-2,5-7H2. The van der Waals surface area contributed by atoms with E-state index in [-0.39, 0.29) is 0 Å². The Bertz CT molecular complexity index is 358. The molecule has 4 aliphatic carbocycles. The van der Waals surface area contributed by atoms with E-state index in [1.807, 2.05) is 0 Å². The summed E-state index contributed by atoms with van der Waals surface area (Å²) < 4.78 is 6.05. The van der Waals surface area contributed by atoms with E-state index in [9.17, 15) is 0 Å². The first-order valence-electron chi connectivity index (χ1n) is 6.20. The zero-order valence-corrected chi connectivity index (χ0v) is 8.41. The van der Waals surface area contributed by atoms with Crippen molar-refractivity contribution < 1.29 is 4.74 Å². The van der Waals surface area contributed by atoms with Crippen molar-refractivity contribution in [1.29, 1.82) is 0 Å². The molecule has 0 aromatic heterocycles. The first kappa shape index (κ1) is 7.05. The van der Waals surface area contributed by atoms with Gasteiger partial charge in [0, 0.05) is 5.41 Å². The zero-order chi connectivity index (χ0) is 8.97. The Morgan fingerprint density at radius 3 is 3.29 bits per heavy atom. The van der Waals surface area contributed by atoms with Crippen LogP contribution in [0.25, 0.3) is 0 Å². The van der Waals surface area contributed by atoms with Gasteiger partial charge in [-0.3, -0.25) is 0 Å². The van der Waals surface area contributed by atoms with Gasteiger partial charge in [-0.15, -0.1) is 0 Å². The predicted octanol–water partition coefficient (Wildman–Crippen LogP) is 2.38. The van der Waals surface area contributed by atoms with E-state index in [1.165, 1.54) is 25.7 Å². The topological polar surface area (TPSA) is 9.23 Å². The van der Waals surface area contributed by atoms with Gasteiger partial charge in [-0.25, -0.2) is 0 Å². The lowest BCUT2D eigenvalue weighted by Gasteiger charge is -2.31. The maximum absolute atomic E-state index is 6.05. The van der Waals surface area contributed by atoms with Gasteiger partial charge in [0.15, 0.2) is 0 Å². The summed E-state index contributed by atoms with van der Waals surface area (Å²) >= 11 is 0. The molecule has 6 atom stereocenters. The predicted molar refractivity (Wildman–Crippen MR) is 52.7 cm³/mol. The van der Waals surface area contributed by atoms with Gasteiger partial charge in [-0.05, 0) is 42.4 Å². The van der Waals surface area contributed by atoms with E-state index < -0.39 is 0 Å². The molecule has 6 unspecified atom stereocenters. The van der Waals surface area contributed by atoms with Gasteiger partial charge in [0.25, 0.3) is 0 Å². The largest absolute Gasteiger partial charge is 0.377 e. The highest BCUT2D eigenvalue weighted by Crippen LogP contribution is 2.90. The molecule has 0 aromatic carbocycles. The quantitative estimate of drug-likeness (QED) is 0.530. The van der Waals surface area contributed by atoms with Crippen molar-refractivity contribution >= 4 is 0 Å². The Labute approximate surface area is 84.5 Å². The molecule has 14 heavy (non-hydrogen) atoms. The molecular formula is C13H16O. The molecule has 0 radical (unpaired) electrons. The number of rotatable bonds is 0. The molecule has 0 aromatic rings. The second kappa shape index (κ2) is 1.73. The summed E-state index contributed by atoms with van der Waals surface area (Å²) in [5, 5.41) is 0. The summed E-state index contributed by atoms with van der Waals surface area (Å²) in [4.78, 5) is 0. The van der Waals surface area contributed by atoms with Crippen molar-refractivity contribution in [3.8, 4) is 0 Å². The molecule has 5 rings (SSSR count). The Morgan fingerprint density at radius 2 is 2.29 bits per heavy atom. The first-order chi connectivity index (χ1) is 6.90. The van der Waals surface area contributed by atoms with Gasteiger partial charge in [0.05, 0.1) is 12.7 Å². The van der Waals surface area contributed by atoms with Crippen LogP contribution in [0.1, 0.15) is 25.7 Å². The van der Waals surface area contributed by atoms with Gasteiger partial charge in [-0.1, -0.05) is 18.6 Å². The van der Waals surface area contributed by atoms with E-state index in [0.717, 1.165) is 29.8 Å². The van der Waals surface area contributed by atoms with Crippen LogP contribution in [0.2, 0.25) is 0 Å². The van der Waals surface area contributed by atoms with Gasteiger partial charge < -0.3 is 4.74 Å². The monoisotopic (exact) mass is 188 g/mol. The summed E-state index contributed by atoms with van der Waals surface area (Å²) in [6.45, 7) is 1.08. The molecule has 2 spiro atoms. The summed E-state index contributed by atoms with van der Waals surface area (Å²) in [5.41, 5.74) is 1.40. The highest BCUT2D eigenvalue weighted by Gasteiger charge is 2.89. The summed E-state index contributed by atoms with van der Waals surface area (Å²) in [6, 6.07) is 0. The van der Waals surface area contributed by atoms with Crippen molar-refractivity contribution in [2.75, 3.05) is 6.61 Å². The lowest BCUT2D eigenvalue weighted by Crippen LogP contribution is -2.30. The Kier molecular flexibility index (Phi) is 0.872. The van der Waals surface area contributed by atoms with Crippen LogP contribution in [-0.2, 0) is 4.74 Å². The second-order valence-corrected chi connectivity index (χ2v) is 6.09. The smallest absolute Gasteiger partial charge is 0.0646 e. The molecule has 1 heteroatoms. The first-order valence-corrected chi connectivity index (χ1v) is 6.20. The van der Waals surface area contributed by atoms with Crippen LogP contribution in [0.5, 0.6) is 0 Å². The van der Waals surface area contributed by atoms with Gasteiger partial charge in [0.2, 0.25) is 0 Å². The minimum absolute atomic E-state index is 0.654. The summed E-state index contributed by atoms with van der Waals surface area (Å²) in [6.07, 6.45) is 11.5. The fourth-order valence-electron chi connectivity index (χ4n) is 6.16. The van der Waals surface area contributed by atoms with Crippen molar-refractivity contribution in [3.05, 3.63) is 12.2 Å². The normalized spacial score (nSPS) is 70.9. The minimum atomic E-state index is 0.654. The zero-order valence-electron chi connectivity index (χ0n) is 8.41. The molecule has 74 valence electrons. The minimum Gasteiger partial charge on any atom is -0.377 e. The van der Waals surface area contributed by atoms with Crippen molar-refractivity contribution in [3.63, 3.8) is 0 Å². The third kappa shape index (κ3) is 0.402. The van der Waals surface area contributed by atoms with Crippen LogP contribution in [0.15, 0.2) is 12.2 Å². The van der Waals surface area contributed by atoms with Crippen LogP contribution in [-0.4, -0.2) is 12.7 Å². The van der Waals surface area contributed by atoms with E-state index in [4.69, 9.17) is 4.74 Å². The molecular weight excluding hydrogens is 172 g/mol. The summed E-state index contributed by atoms with van der Waals surface area (Å²) in [7, 11) is 0. The average molecular weight is 188 g/mol. The second-order valence-electron chi connectivity index (χ2n) is 6.09. The van der Waals surface area contributed by atoms with Crippen molar-refractivity contribution in [1.82, 2.24) is 0 Å². The molecule has 1 heterocycles. The third-order valence-electron chi connectivity index (χ3n) is 6.29. The van der Waals surface area contributed by atoms with Crippen molar-refractivity contribution in [2.45, 2.75) is 31.8 Å². The van der Waals surface area contributed by atoms with Crippen LogP contribution >= 0.6 is 0 Å². The summed E-state index contributed by atoms with van der Waals surface area (Å²) in [5.74, 6) is 2.82. The molecule has 0 amide bonds. The van der Waals surface area contributed by atoms with E-state index in [0.29, 0.717) is 11.5 Å². The van der Waals surface area contributed by atoms with Gasteiger partial charge >= 0.3 is 0 Å².